The van der Waals surface area contributed by atoms with Crippen molar-refractivity contribution in [2.45, 2.75) is 31.6 Å². The van der Waals surface area contributed by atoms with Gasteiger partial charge in [-0.25, -0.2) is 9.59 Å². The van der Waals surface area contributed by atoms with Crippen molar-refractivity contribution in [2.24, 2.45) is 5.92 Å². The highest BCUT2D eigenvalue weighted by Crippen LogP contribution is 2.34. The van der Waals surface area contributed by atoms with E-state index in [2.05, 4.69) is 5.32 Å². The minimum atomic E-state index is -1.45. The topological polar surface area (TPSA) is 64.6 Å². The SMILES string of the molecule is C[C@@H](NCC1CC1)C1(c2ccccc2)OC(=O)C=CC(=O)O1. The number of benzene rings is 1. The summed E-state index contributed by atoms with van der Waals surface area (Å²) in [5.41, 5.74) is 0.635. The number of hydrogen-bond acceptors (Lipinski definition) is 5. The molecular formula is C17H19NO4. The van der Waals surface area contributed by atoms with Gasteiger partial charge in [0.05, 0.1) is 6.04 Å². The molecule has 1 aromatic rings. The van der Waals surface area contributed by atoms with Crippen LogP contribution in [0.3, 0.4) is 0 Å². The fraction of sp³-hybridized carbons (Fsp3) is 0.412. The average molecular weight is 301 g/mol. The van der Waals surface area contributed by atoms with E-state index in [1.807, 2.05) is 25.1 Å². The zero-order valence-electron chi connectivity index (χ0n) is 12.5. The molecule has 1 N–H and O–H groups in total. The molecule has 0 aromatic heterocycles. The largest absolute Gasteiger partial charge is 0.413 e. The van der Waals surface area contributed by atoms with Gasteiger partial charge in [0, 0.05) is 17.7 Å². The lowest BCUT2D eigenvalue weighted by Crippen LogP contribution is -2.52. The van der Waals surface area contributed by atoms with Gasteiger partial charge in [0.1, 0.15) is 0 Å². The summed E-state index contributed by atoms with van der Waals surface area (Å²) in [5, 5.41) is 3.34. The van der Waals surface area contributed by atoms with Crippen LogP contribution in [0.15, 0.2) is 42.5 Å². The van der Waals surface area contributed by atoms with Crippen LogP contribution in [0.2, 0.25) is 0 Å². The number of rotatable bonds is 5. The maximum atomic E-state index is 11.9. The van der Waals surface area contributed by atoms with E-state index in [4.69, 9.17) is 9.47 Å². The van der Waals surface area contributed by atoms with E-state index >= 15 is 0 Å². The van der Waals surface area contributed by atoms with Crippen molar-refractivity contribution in [3.8, 4) is 0 Å². The summed E-state index contributed by atoms with van der Waals surface area (Å²) in [6.07, 6.45) is 4.61. The van der Waals surface area contributed by atoms with Gasteiger partial charge >= 0.3 is 11.9 Å². The molecule has 116 valence electrons. The lowest BCUT2D eigenvalue weighted by molar-refractivity contribution is -0.236. The molecule has 1 fully saturated rings. The molecule has 1 aliphatic heterocycles. The smallest absolute Gasteiger partial charge is 0.334 e. The number of esters is 2. The molecule has 0 unspecified atom stereocenters. The molecule has 1 saturated carbocycles. The molecular weight excluding hydrogens is 282 g/mol. The molecule has 0 spiro atoms. The van der Waals surface area contributed by atoms with E-state index < -0.39 is 17.7 Å². The van der Waals surface area contributed by atoms with E-state index in [9.17, 15) is 9.59 Å². The Morgan fingerprint density at radius 1 is 1.14 bits per heavy atom. The van der Waals surface area contributed by atoms with Crippen LogP contribution >= 0.6 is 0 Å². The maximum Gasteiger partial charge on any atom is 0.334 e. The van der Waals surface area contributed by atoms with Crippen molar-refractivity contribution >= 4 is 11.9 Å². The van der Waals surface area contributed by atoms with Crippen LogP contribution in [-0.4, -0.2) is 24.5 Å². The van der Waals surface area contributed by atoms with Crippen molar-refractivity contribution in [2.75, 3.05) is 6.54 Å². The first-order valence-electron chi connectivity index (χ1n) is 7.53. The summed E-state index contributed by atoms with van der Waals surface area (Å²) >= 11 is 0. The molecule has 0 saturated heterocycles. The summed E-state index contributed by atoms with van der Waals surface area (Å²) in [5.74, 6) is -1.97. The Labute approximate surface area is 129 Å². The van der Waals surface area contributed by atoms with Gasteiger partial charge in [0.2, 0.25) is 0 Å². The van der Waals surface area contributed by atoms with Crippen LogP contribution < -0.4 is 5.32 Å². The molecule has 5 heteroatoms. The highest BCUT2D eigenvalue weighted by molar-refractivity contribution is 5.93. The molecule has 22 heavy (non-hydrogen) atoms. The summed E-state index contributed by atoms with van der Waals surface area (Å²) in [4.78, 5) is 23.8. The Bertz CT molecular complexity index is 572. The van der Waals surface area contributed by atoms with Crippen LogP contribution in [0, 0.1) is 5.92 Å². The van der Waals surface area contributed by atoms with Crippen molar-refractivity contribution in [3.63, 3.8) is 0 Å². The Kier molecular flexibility index (Phi) is 3.98. The minimum absolute atomic E-state index is 0.358. The number of hydrogen-bond donors (Lipinski definition) is 1. The summed E-state index contributed by atoms with van der Waals surface area (Å²) < 4.78 is 11.1. The van der Waals surface area contributed by atoms with Crippen LogP contribution in [0.5, 0.6) is 0 Å². The third-order valence-corrected chi connectivity index (χ3v) is 4.02. The van der Waals surface area contributed by atoms with Gasteiger partial charge in [0.15, 0.2) is 0 Å². The number of carbonyl (C=O) groups excluding carboxylic acids is 2. The minimum Gasteiger partial charge on any atom is -0.413 e. The zero-order chi connectivity index (χ0) is 15.6. The van der Waals surface area contributed by atoms with Crippen molar-refractivity contribution in [1.29, 1.82) is 0 Å². The van der Waals surface area contributed by atoms with Gasteiger partial charge in [-0.1, -0.05) is 30.3 Å². The van der Waals surface area contributed by atoms with Crippen LogP contribution in [0.1, 0.15) is 25.3 Å². The van der Waals surface area contributed by atoms with E-state index in [1.165, 1.54) is 12.8 Å². The van der Waals surface area contributed by atoms with E-state index in [0.717, 1.165) is 18.7 Å². The second-order valence-electron chi connectivity index (χ2n) is 5.78. The second kappa shape index (κ2) is 5.93. The molecule has 1 aliphatic carbocycles. The molecule has 0 amide bonds. The molecule has 1 heterocycles. The summed E-state index contributed by atoms with van der Waals surface area (Å²) in [6.45, 7) is 2.68. The average Bonchev–Trinajstić information content (AvgIpc) is 3.35. The molecule has 5 nitrogen and oxygen atoms in total. The molecule has 0 bridgehead atoms. The third kappa shape index (κ3) is 3.04. The van der Waals surface area contributed by atoms with E-state index in [0.29, 0.717) is 11.5 Å². The lowest BCUT2D eigenvalue weighted by Gasteiger charge is -2.37. The van der Waals surface area contributed by atoms with Gasteiger partial charge < -0.3 is 14.8 Å². The first-order chi connectivity index (χ1) is 10.6. The Morgan fingerprint density at radius 2 is 1.73 bits per heavy atom. The van der Waals surface area contributed by atoms with Gasteiger partial charge in [-0.3, -0.25) is 0 Å². The number of ether oxygens (including phenoxy) is 2. The van der Waals surface area contributed by atoms with Crippen molar-refractivity contribution in [1.82, 2.24) is 5.32 Å². The maximum absolute atomic E-state index is 11.9. The van der Waals surface area contributed by atoms with Gasteiger partial charge in [-0.15, -0.1) is 0 Å². The van der Waals surface area contributed by atoms with E-state index in [-0.39, 0.29) is 6.04 Å². The standard InChI is InChI=1S/C17H19NO4/c1-12(18-11-13-7-8-13)17(14-5-3-2-4-6-14)21-15(19)9-10-16(20)22-17/h2-6,9-10,12-13,18H,7-8,11H2,1H3/t12-/m1/s1. The molecule has 3 rings (SSSR count). The fourth-order valence-electron chi connectivity index (χ4n) is 2.54. The quantitative estimate of drug-likeness (QED) is 0.841. The van der Waals surface area contributed by atoms with Gasteiger partial charge in [-0.05, 0) is 32.2 Å². The van der Waals surface area contributed by atoms with Crippen LogP contribution in [0.25, 0.3) is 0 Å². The third-order valence-electron chi connectivity index (χ3n) is 4.02. The predicted octanol–water partition coefficient (Wildman–Crippen LogP) is 1.88. The number of cyclic esters (lactones) is 2. The Balaban J connectivity index is 1.93. The first kappa shape index (κ1) is 14.8. The number of carbonyl (C=O) groups is 2. The van der Waals surface area contributed by atoms with Crippen molar-refractivity contribution < 1.29 is 19.1 Å². The fourth-order valence-corrected chi connectivity index (χ4v) is 2.54. The first-order valence-corrected chi connectivity index (χ1v) is 7.53. The van der Waals surface area contributed by atoms with Gasteiger partial charge in [0.25, 0.3) is 5.79 Å². The summed E-state index contributed by atoms with van der Waals surface area (Å²) in [6, 6.07) is 8.74. The highest BCUT2D eigenvalue weighted by atomic mass is 16.7. The lowest BCUT2D eigenvalue weighted by atomic mass is 9.98. The van der Waals surface area contributed by atoms with Crippen LogP contribution in [-0.2, 0) is 24.8 Å². The molecule has 0 radical (unpaired) electrons. The second-order valence-corrected chi connectivity index (χ2v) is 5.78. The van der Waals surface area contributed by atoms with Crippen molar-refractivity contribution in [3.05, 3.63) is 48.0 Å². The zero-order valence-corrected chi connectivity index (χ0v) is 12.5. The monoisotopic (exact) mass is 301 g/mol. The summed E-state index contributed by atoms with van der Waals surface area (Å²) in [7, 11) is 0. The highest BCUT2D eigenvalue weighted by Gasteiger charge is 2.47. The molecule has 1 aromatic carbocycles. The Morgan fingerprint density at radius 3 is 2.27 bits per heavy atom. The molecule has 2 aliphatic rings. The van der Waals surface area contributed by atoms with Gasteiger partial charge in [-0.2, -0.15) is 0 Å². The molecule has 1 atom stereocenters. The Hall–Kier alpha value is -2.14. The van der Waals surface area contributed by atoms with Crippen LogP contribution in [0.4, 0.5) is 0 Å². The van der Waals surface area contributed by atoms with E-state index in [1.54, 1.807) is 12.1 Å². The normalized spacial score (nSPS) is 21.7. The predicted molar refractivity (Wildman–Crippen MR) is 79.6 cm³/mol. The number of nitrogens with one attached hydrogen (secondary N) is 1.